The molecule has 0 heterocycles. The molecule has 182 valence electrons. The van der Waals surface area contributed by atoms with Gasteiger partial charge in [0.15, 0.2) is 0 Å². The van der Waals surface area contributed by atoms with E-state index < -0.39 is 15.6 Å². The summed E-state index contributed by atoms with van der Waals surface area (Å²) in [4.78, 5) is 2.21. The van der Waals surface area contributed by atoms with Crippen molar-refractivity contribution in [3.05, 3.63) is 48.5 Å². The van der Waals surface area contributed by atoms with Crippen LogP contribution in [0.4, 0.5) is 17.1 Å². The highest BCUT2D eigenvalue weighted by atomic mass is 127. The largest absolute Gasteiger partial charge is 0.378 e. The molecule has 2 rings (SSSR count). The smallest absolute Gasteiger partial charge is 0.240 e. The minimum atomic E-state index is -3.61. The predicted molar refractivity (Wildman–Crippen MR) is 144 cm³/mol. The van der Waals surface area contributed by atoms with Crippen LogP contribution >= 0.6 is 22.6 Å². The average molecular weight is 587 g/mol. The minimum absolute atomic E-state index is 0.178. The average Bonchev–Trinajstić information content (AvgIpc) is 2.71. The van der Waals surface area contributed by atoms with Crippen molar-refractivity contribution in [2.45, 2.75) is 54.5 Å². The number of ether oxygens (including phenoxy) is 1. The fourth-order valence-corrected chi connectivity index (χ4v) is 4.09. The van der Waals surface area contributed by atoms with E-state index in [2.05, 4.69) is 51.4 Å². The van der Waals surface area contributed by atoms with Crippen LogP contribution in [0.15, 0.2) is 63.7 Å². The maximum Gasteiger partial charge on any atom is 0.240 e. The molecule has 7 nitrogen and oxygen atoms in total. The lowest BCUT2D eigenvalue weighted by Crippen LogP contribution is -2.33. The number of sulfonamides is 1. The lowest BCUT2D eigenvalue weighted by molar-refractivity contribution is -0.0246. The number of anilines is 1. The van der Waals surface area contributed by atoms with Gasteiger partial charge in [0.05, 0.1) is 21.9 Å². The van der Waals surface area contributed by atoms with Crippen molar-refractivity contribution in [1.82, 2.24) is 4.72 Å². The molecule has 0 aromatic heterocycles. The first-order chi connectivity index (χ1) is 15.3. The fourth-order valence-electron chi connectivity index (χ4n) is 2.84. The Balaban J connectivity index is 1.89. The molecule has 0 saturated carbocycles. The highest BCUT2D eigenvalue weighted by Gasteiger charge is 2.22. The lowest BCUT2D eigenvalue weighted by Gasteiger charge is -2.27. The van der Waals surface area contributed by atoms with Gasteiger partial charge < -0.3 is 9.64 Å². The van der Waals surface area contributed by atoms with Crippen LogP contribution in [0.3, 0.4) is 0 Å². The van der Waals surface area contributed by atoms with Crippen LogP contribution in [0.5, 0.6) is 0 Å². The van der Waals surface area contributed by atoms with E-state index >= 15 is 0 Å². The number of hydrogen-bond acceptors (Lipinski definition) is 6. The molecule has 33 heavy (non-hydrogen) atoms. The topological polar surface area (TPSA) is 83.4 Å². The van der Waals surface area contributed by atoms with Gasteiger partial charge >= 0.3 is 0 Å². The summed E-state index contributed by atoms with van der Waals surface area (Å²) < 4.78 is 34.1. The summed E-state index contributed by atoms with van der Waals surface area (Å²) in [5.74, 6) is 0. The third kappa shape index (κ3) is 10.1. The van der Waals surface area contributed by atoms with Crippen molar-refractivity contribution in [1.29, 1.82) is 0 Å². The van der Waals surface area contributed by atoms with Gasteiger partial charge in [0.2, 0.25) is 10.0 Å². The number of benzene rings is 2. The van der Waals surface area contributed by atoms with Crippen LogP contribution in [-0.2, 0) is 14.8 Å². The number of nitrogens with one attached hydrogen (secondary N) is 1. The molecule has 2 aromatic rings. The van der Waals surface area contributed by atoms with E-state index in [-0.39, 0.29) is 8.32 Å². The summed E-state index contributed by atoms with van der Waals surface area (Å²) in [6.45, 7) is 9.23. The molecule has 1 N–H and O–H groups in total. The lowest BCUT2D eigenvalue weighted by atomic mass is 10.1. The molecular weight excluding hydrogens is 551 g/mol. The molecule has 2 aromatic carbocycles. The molecule has 0 aliphatic rings. The van der Waals surface area contributed by atoms with E-state index in [0.717, 1.165) is 17.8 Å². The summed E-state index contributed by atoms with van der Waals surface area (Å²) >= 11 is 2.40. The number of azo groups is 1. The van der Waals surface area contributed by atoms with Crippen molar-refractivity contribution in [3.63, 3.8) is 0 Å². The van der Waals surface area contributed by atoms with Gasteiger partial charge in [0.25, 0.3) is 0 Å². The maximum atomic E-state index is 12.6. The molecule has 9 heteroatoms. The van der Waals surface area contributed by atoms with Gasteiger partial charge in [-0.05, 0) is 75.2 Å². The SMILES string of the molecule is CN(C)c1ccc(N=Nc2ccc(S(=O)(=O)NCCC(C)(C)OCCC(C)(C)I)cc2)cc1. The Morgan fingerprint density at radius 3 is 1.91 bits per heavy atom. The molecular formula is C24H35IN4O3S. The van der Waals surface area contributed by atoms with Crippen molar-refractivity contribution < 1.29 is 13.2 Å². The number of alkyl halides is 1. The quantitative estimate of drug-likeness (QED) is 0.182. The van der Waals surface area contributed by atoms with E-state index in [9.17, 15) is 8.42 Å². The van der Waals surface area contributed by atoms with Crippen LogP contribution in [-0.4, -0.2) is 44.7 Å². The van der Waals surface area contributed by atoms with Gasteiger partial charge in [0.1, 0.15) is 0 Å². The molecule has 0 radical (unpaired) electrons. The van der Waals surface area contributed by atoms with Crippen molar-refractivity contribution in [2.75, 3.05) is 32.1 Å². The molecule has 0 amide bonds. The van der Waals surface area contributed by atoms with Gasteiger partial charge in [-0.3, -0.25) is 0 Å². The van der Waals surface area contributed by atoms with Crippen molar-refractivity contribution >= 4 is 49.7 Å². The zero-order valence-electron chi connectivity index (χ0n) is 20.3. The van der Waals surface area contributed by atoms with Gasteiger partial charge in [-0.15, -0.1) is 0 Å². The predicted octanol–water partition coefficient (Wildman–Crippen LogP) is 6.24. The van der Waals surface area contributed by atoms with Crippen molar-refractivity contribution in [3.8, 4) is 0 Å². The molecule has 0 saturated heterocycles. The first-order valence-electron chi connectivity index (χ1n) is 10.9. The van der Waals surface area contributed by atoms with E-state index in [0.29, 0.717) is 25.3 Å². The molecule has 0 aliphatic heterocycles. The second-order valence-electron chi connectivity index (χ2n) is 9.33. The van der Waals surface area contributed by atoms with Crippen LogP contribution in [0.1, 0.15) is 40.5 Å². The van der Waals surface area contributed by atoms with Crippen LogP contribution in [0.2, 0.25) is 0 Å². The van der Waals surface area contributed by atoms with Crippen LogP contribution < -0.4 is 9.62 Å². The van der Waals surface area contributed by atoms with Crippen molar-refractivity contribution in [2.24, 2.45) is 10.2 Å². The summed E-state index contributed by atoms with van der Waals surface area (Å²) in [5, 5.41) is 8.41. The number of hydrogen-bond donors (Lipinski definition) is 1. The summed E-state index contributed by atoms with van der Waals surface area (Å²) in [6.07, 6.45) is 1.51. The Kier molecular flexibility index (Phi) is 9.83. The third-order valence-electron chi connectivity index (χ3n) is 5.00. The molecule has 0 unspecified atom stereocenters. The Hall–Kier alpha value is -1.56. The third-order valence-corrected chi connectivity index (χ3v) is 7.02. The molecule has 0 aliphatic carbocycles. The minimum Gasteiger partial charge on any atom is -0.378 e. The zero-order chi connectivity index (χ0) is 24.7. The Morgan fingerprint density at radius 2 is 1.42 bits per heavy atom. The molecule has 0 atom stereocenters. The van der Waals surface area contributed by atoms with E-state index in [1.165, 1.54) is 12.1 Å². The van der Waals surface area contributed by atoms with Gasteiger partial charge in [-0.2, -0.15) is 10.2 Å². The Bertz CT molecular complexity index is 1010. The molecule has 0 spiro atoms. The van der Waals surface area contributed by atoms with E-state index in [4.69, 9.17) is 4.74 Å². The number of nitrogens with zero attached hydrogens (tertiary/aromatic N) is 3. The highest BCUT2D eigenvalue weighted by Crippen LogP contribution is 2.24. The summed E-state index contributed by atoms with van der Waals surface area (Å²) in [6, 6.07) is 14.1. The Labute approximate surface area is 212 Å². The monoisotopic (exact) mass is 586 g/mol. The Morgan fingerprint density at radius 1 is 0.909 bits per heavy atom. The van der Waals surface area contributed by atoms with Gasteiger partial charge in [-0.25, -0.2) is 13.1 Å². The fraction of sp³-hybridized carbons (Fsp3) is 0.500. The number of rotatable bonds is 12. The van der Waals surface area contributed by atoms with Crippen LogP contribution in [0.25, 0.3) is 0 Å². The summed E-state index contributed by atoms with van der Waals surface area (Å²) in [7, 11) is 0.345. The summed E-state index contributed by atoms with van der Waals surface area (Å²) in [5.41, 5.74) is 1.99. The normalized spacial score (nSPS) is 12.9. The highest BCUT2D eigenvalue weighted by molar-refractivity contribution is 14.1. The van der Waals surface area contributed by atoms with Crippen LogP contribution in [0, 0.1) is 0 Å². The maximum absolute atomic E-state index is 12.6. The number of halogens is 1. The first-order valence-corrected chi connectivity index (χ1v) is 13.5. The second kappa shape index (κ2) is 11.7. The van der Waals surface area contributed by atoms with E-state index in [1.807, 2.05) is 57.1 Å². The molecule has 0 fully saturated rings. The molecule has 0 bridgehead atoms. The van der Waals surface area contributed by atoms with E-state index in [1.54, 1.807) is 12.1 Å². The first kappa shape index (κ1) is 27.7. The standard InChI is InChI=1S/C24H35IN4O3S/c1-23(2,25)16-18-32-24(3,4)15-17-26-33(30,31)22-13-9-20(10-14-22)28-27-19-7-11-21(12-8-19)29(5)6/h7-14,26H,15-18H2,1-6H3. The second-order valence-corrected chi connectivity index (χ2v) is 14.0. The van der Waals surface area contributed by atoms with Gasteiger partial charge in [-0.1, -0.05) is 36.4 Å². The van der Waals surface area contributed by atoms with Gasteiger partial charge in [0, 0.05) is 36.4 Å². The zero-order valence-corrected chi connectivity index (χ0v) is 23.3.